The van der Waals surface area contributed by atoms with Gasteiger partial charge in [0, 0.05) is 0 Å². The van der Waals surface area contributed by atoms with Crippen LogP contribution in [0.4, 0.5) is 0 Å². The smallest absolute Gasteiger partial charge is 0.155 e. The number of rotatable bonds is 3. The van der Waals surface area contributed by atoms with Gasteiger partial charge in [0.25, 0.3) is 0 Å². The second-order valence-corrected chi connectivity index (χ2v) is 2.79. The third-order valence-corrected chi connectivity index (χ3v) is 2.02. The lowest BCUT2D eigenvalue weighted by Gasteiger charge is -2.07. The van der Waals surface area contributed by atoms with E-state index in [1.54, 1.807) is 12.3 Å². The maximum atomic E-state index is 8.45. The van der Waals surface area contributed by atoms with Gasteiger partial charge in [-0.05, 0) is 18.6 Å². The molecular formula is C8H10ClNO2. The number of furan rings is 1. The summed E-state index contributed by atoms with van der Waals surface area (Å²) in [6.07, 6.45) is 2.32. The zero-order chi connectivity index (χ0) is 8.97. The van der Waals surface area contributed by atoms with Gasteiger partial charge in [-0.25, -0.2) is 0 Å². The first-order chi connectivity index (χ1) is 5.79. The molecule has 0 aromatic carbocycles. The van der Waals surface area contributed by atoms with Gasteiger partial charge < -0.3 is 9.62 Å². The van der Waals surface area contributed by atoms with E-state index in [1.165, 1.54) is 0 Å². The van der Waals surface area contributed by atoms with Crippen LogP contribution < -0.4 is 0 Å². The summed E-state index contributed by atoms with van der Waals surface area (Å²) in [6, 6.07) is 3.58. The Balaban J connectivity index is 2.84. The Hall–Kier alpha value is -0.960. The van der Waals surface area contributed by atoms with Crippen LogP contribution in [0, 0.1) is 0 Å². The molecule has 0 bridgehead atoms. The zero-order valence-corrected chi connectivity index (χ0v) is 7.45. The van der Waals surface area contributed by atoms with Crippen molar-refractivity contribution in [2.24, 2.45) is 5.16 Å². The normalized spacial score (nSPS) is 14.7. The van der Waals surface area contributed by atoms with E-state index >= 15 is 0 Å². The first kappa shape index (κ1) is 9.13. The summed E-state index contributed by atoms with van der Waals surface area (Å²) >= 11 is 5.66. The molecule has 1 atom stereocenters. The summed E-state index contributed by atoms with van der Waals surface area (Å²) in [5.41, 5.74) is 0. The molecule has 1 N–H and O–H groups in total. The molecule has 0 saturated carbocycles. The van der Waals surface area contributed by atoms with Crippen LogP contribution in [-0.4, -0.2) is 10.4 Å². The van der Waals surface area contributed by atoms with Gasteiger partial charge in [0.15, 0.2) is 5.17 Å². The lowest BCUT2D eigenvalue weighted by Crippen LogP contribution is -2.04. The number of nitrogens with zero attached hydrogens (tertiary/aromatic N) is 1. The summed E-state index contributed by atoms with van der Waals surface area (Å²) in [7, 11) is 0. The van der Waals surface area contributed by atoms with Crippen LogP contribution in [-0.2, 0) is 0 Å². The van der Waals surface area contributed by atoms with Crippen molar-refractivity contribution in [3.63, 3.8) is 0 Å². The fourth-order valence-corrected chi connectivity index (χ4v) is 1.31. The molecule has 0 aliphatic heterocycles. The van der Waals surface area contributed by atoms with Crippen LogP contribution >= 0.6 is 11.6 Å². The first-order valence-electron chi connectivity index (χ1n) is 3.70. The van der Waals surface area contributed by atoms with E-state index in [0.29, 0.717) is 0 Å². The van der Waals surface area contributed by atoms with Crippen molar-refractivity contribution in [1.29, 1.82) is 0 Å². The minimum atomic E-state index is -0.133. The standard InChI is InChI=1S/C8H10ClNO2/c1-2-6(8(9)10-11)7-4-3-5-12-7/h3-6,11H,2H2,1H3/b10-8+. The van der Waals surface area contributed by atoms with Gasteiger partial charge in [-0.1, -0.05) is 23.7 Å². The SMILES string of the molecule is CCC(/C(Cl)=N\O)c1ccco1. The van der Waals surface area contributed by atoms with Crippen molar-refractivity contribution < 1.29 is 9.62 Å². The van der Waals surface area contributed by atoms with Gasteiger partial charge >= 0.3 is 0 Å². The average Bonchev–Trinajstić information content (AvgIpc) is 2.58. The van der Waals surface area contributed by atoms with Crippen molar-refractivity contribution in [2.45, 2.75) is 19.3 Å². The molecule has 0 aliphatic rings. The number of oxime groups is 1. The summed E-state index contributed by atoms with van der Waals surface area (Å²) in [6.45, 7) is 1.95. The molecule has 1 heterocycles. The van der Waals surface area contributed by atoms with Crippen molar-refractivity contribution in [3.8, 4) is 0 Å². The van der Waals surface area contributed by atoms with Crippen molar-refractivity contribution in [2.75, 3.05) is 0 Å². The van der Waals surface area contributed by atoms with Crippen molar-refractivity contribution >= 4 is 16.8 Å². The van der Waals surface area contributed by atoms with E-state index in [9.17, 15) is 0 Å². The Labute approximate surface area is 75.6 Å². The number of halogens is 1. The lowest BCUT2D eigenvalue weighted by atomic mass is 10.1. The molecule has 0 saturated heterocycles. The predicted octanol–water partition coefficient (Wildman–Crippen LogP) is 2.80. The van der Waals surface area contributed by atoms with Gasteiger partial charge in [0.2, 0.25) is 0 Å². The predicted molar refractivity (Wildman–Crippen MR) is 46.8 cm³/mol. The maximum Gasteiger partial charge on any atom is 0.155 e. The molecule has 0 spiro atoms. The molecule has 0 aliphatic carbocycles. The van der Waals surface area contributed by atoms with E-state index in [4.69, 9.17) is 21.2 Å². The van der Waals surface area contributed by atoms with Crippen LogP contribution in [0.15, 0.2) is 28.0 Å². The van der Waals surface area contributed by atoms with Crippen LogP contribution in [0.1, 0.15) is 25.0 Å². The second kappa shape index (κ2) is 4.16. The molecule has 0 fully saturated rings. The number of hydrogen-bond donors (Lipinski definition) is 1. The fraction of sp³-hybridized carbons (Fsp3) is 0.375. The topological polar surface area (TPSA) is 45.7 Å². The number of hydrogen-bond acceptors (Lipinski definition) is 3. The highest BCUT2D eigenvalue weighted by Crippen LogP contribution is 2.23. The molecule has 12 heavy (non-hydrogen) atoms. The van der Waals surface area contributed by atoms with E-state index in [0.717, 1.165) is 12.2 Å². The summed E-state index contributed by atoms with van der Waals surface area (Å²) < 4.78 is 5.13. The average molecular weight is 188 g/mol. The monoisotopic (exact) mass is 187 g/mol. The highest BCUT2D eigenvalue weighted by atomic mass is 35.5. The van der Waals surface area contributed by atoms with Gasteiger partial charge in [-0.15, -0.1) is 0 Å². The van der Waals surface area contributed by atoms with Crippen LogP contribution in [0.2, 0.25) is 0 Å². The Morgan fingerprint density at radius 1 is 1.83 bits per heavy atom. The van der Waals surface area contributed by atoms with Crippen molar-refractivity contribution in [3.05, 3.63) is 24.2 Å². The minimum Gasteiger partial charge on any atom is -0.469 e. The molecule has 1 rings (SSSR count). The first-order valence-corrected chi connectivity index (χ1v) is 4.08. The van der Waals surface area contributed by atoms with E-state index in [-0.39, 0.29) is 11.1 Å². The molecule has 3 nitrogen and oxygen atoms in total. The van der Waals surface area contributed by atoms with Gasteiger partial charge in [-0.2, -0.15) is 0 Å². The lowest BCUT2D eigenvalue weighted by molar-refractivity contribution is 0.317. The molecule has 4 heteroatoms. The second-order valence-electron chi connectivity index (χ2n) is 2.40. The molecule has 1 unspecified atom stereocenters. The Kier molecular flexibility index (Phi) is 3.17. The Bertz CT molecular complexity index is 256. The van der Waals surface area contributed by atoms with Crippen molar-refractivity contribution in [1.82, 2.24) is 0 Å². The van der Waals surface area contributed by atoms with Crippen LogP contribution in [0.3, 0.4) is 0 Å². The highest BCUT2D eigenvalue weighted by Gasteiger charge is 2.17. The van der Waals surface area contributed by atoms with Crippen LogP contribution in [0.5, 0.6) is 0 Å². The quantitative estimate of drug-likeness (QED) is 0.449. The van der Waals surface area contributed by atoms with E-state index in [2.05, 4.69) is 5.16 Å². The minimum absolute atomic E-state index is 0.133. The van der Waals surface area contributed by atoms with Gasteiger partial charge in [0.05, 0.1) is 12.2 Å². The van der Waals surface area contributed by atoms with Gasteiger partial charge in [-0.3, -0.25) is 0 Å². The largest absolute Gasteiger partial charge is 0.469 e. The molecule has 1 aromatic rings. The summed E-state index contributed by atoms with van der Waals surface area (Å²) in [4.78, 5) is 0. The third kappa shape index (κ3) is 1.80. The molecular weight excluding hydrogens is 178 g/mol. The van der Waals surface area contributed by atoms with Gasteiger partial charge in [0.1, 0.15) is 5.76 Å². The summed E-state index contributed by atoms with van der Waals surface area (Å²) in [5, 5.41) is 11.5. The van der Waals surface area contributed by atoms with E-state index in [1.807, 2.05) is 13.0 Å². The maximum absolute atomic E-state index is 8.45. The Morgan fingerprint density at radius 2 is 2.58 bits per heavy atom. The molecule has 0 radical (unpaired) electrons. The molecule has 1 aromatic heterocycles. The summed E-state index contributed by atoms with van der Waals surface area (Å²) in [5.74, 6) is 0.590. The Morgan fingerprint density at radius 3 is 3.00 bits per heavy atom. The van der Waals surface area contributed by atoms with E-state index < -0.39 is 0 Å². The highest BCUT2D eigenvalue weighted by molar-refractivity contribution is 6.66. The zero-order valence-electron chi connectivity index (χ0n) is 6.70. The third-order valence-electron chi connectivity index (χ3n) is 1.68. The molecule has 66 valence electrons. The van der Waals surface area contributed by atoms with Crippen LogP contribution in [0.25, 0.3) is 0 Å². The molecule has 0 amide bonds. The fourth-order valence-electron chi connectivity index (χ4n) is 1.05.